The van der Waals surface area contributed by atoms with Crippen LogP contribution in [-0.4, -0.2) is 27.9 Å². The van der Waals surface area contributed by atoms with Gasteiger partial charge in [0.05, 0.1) is 5.56 Å². The maximum Gasteiger partial charge on any atom is 0.421 e. The Balaban J connectivity index is 2.06. The van der Waals surface area contributed by atoms with Gasteiger partial charge in [-0.3, -0.25) is 0 Å². The molecule has 0 spiro atoms. The van der Waals surface area contributed by atoms with E-state index in [9.17, 15) is 35.8 Å². The molecular weight excluding hydrogens is 439 g/mol. The van der Waals surface area contributed by atoms with Gasteiger partial charge in [0.25, 0.3) is 0 Å². The molecule has 0 aliphatic heterocycles. The van der Waals surface area contributed by atoms with Gasteiger partial charge in [0.15, 0.2) is 5.60 Å². The minimum atomic E-state index is -4.96. The maximum atomic E-state index is 13.3. The molecule has 2 rings (SSSR count). The van der Waals surface area contributed by atoms with Gasteiger partial charge >= 0.3 is 18.4 Å². The summed E-state index contributed by atoms with van der Waals surface area (Å²) in [6.45, 7) is 0.0518. The number of aliphatic hydroxyl groups is 1. The number of alkyl halides is 6. The third kappa shape index (κ3) is 5.87. The molecule has 168 valence electrons. The van der Waals surface area contributed by atoms with Crippen molar-refractivity contribution < 1.29 is 40.6 Å². The Labute approximate surface area is 170 Å². The molecule has 3 N–H and O–H groups in total. The van der Waals surface area contributed by atoms with Gasteiger partial charge in [-0.25, -0.2) is 19.9 Å². The van der Waals surface area contributed by atoms with Crippen molar-refractivity contribution in [2.45, 2.75) is 24.9 Å². The second kappa shape index (κ2) is 8.83. The van der Waals surface area contributed by atoms with Crippen LogP contribution < -0.4 is 10.1 Å². The molecule has 0 bridgehead atoms. The fraction of sp³-hybridized carbons (Fsp3) is 0.294. The molecule has 0 aliphatic carbocycles. The number of rotatable bonds is 7. The van der Waals surface area contributed by atoms with Crippen LogP contribution in [0.2, 0.25) is 0 Å². The average molecular weight is 453 g/mol. The van der Waals surface area contributed by atoms with E-state index in [0.29, 0.717) is 31.5 Å². The van der Waals surface area contributed by atoms with E-state index < -0.39 is 47.5 Å². The second-order valence-electron chi connectivity index (χ2n) is 6.20. The second-order valence-corrected chi connectivity index (χ2v) is 6.20. The number of aromatic nitrogens is 2. The number of anilines is 1. The topological polar surface area (TPSA) is 103 Å². The Kier molecular flexibility index (Phi) is 6.83. The van der Waals surface area contributed by atoms with Crippen molar-refractivity contribution in [1.82, 2.24) is 9.97 Å². The van der Waals surface area contributed by atoms with E-state index >= 15 is 0 Å². The van der Waals surface area contributed by atoms with E-state index in [1.165, 1.54) is 0 Å². The van der Waals surface area contributed by atoms with Gasteiger partial charge in [-0.2, -0.15) is 31.5 Å². The fourth-order valence-corrected chi connectivity index (χ4v) is 2.05. The molecule has 0 radical (unpaired) electrons. The van der Waals surface area contributed by atoms with Crippen LogP contribution >= 0.6 is 0 Å². The van der Waals surface area contributed by atoms with E-state index in [0.717, 1.165) is 12.3 Å². The van der Waals surface area contributed by atoms with Crippen molar-refractivity contribution in [2.24, 2.45) is 5.11 Å². The molecule has 1 aromatic carbocycles. The lowest BCUT2D eigenvalue weighted by molar-refractivity contribution is -0.259. The lowest BCUT2D eigenvalue weighted by Gasteiger charge is -2.25. The summed E-state index contributed by atoms with van der Waals surface area (Å²) >= 11 is 0. The maximum absolute atomic E-state index is 13.3. The summed E-state index contributed by atoms with van der Waals surface area (Å²) in [5, 5.41) is 15.0. The van der Waals surface area contributed by atoms with Crippen molar-refractivity contribution in [2.75, 3.05) is 11.9 Å². The number of halogens is 7. The van der Waals surface area contributed by atoms with E-state index in [1.54, 1.807) is 0 Å². The zero-order valence-corrected chi connectivity index (χ0v) is 15.5. The Hall–Kier alpha value is -3.29. The SMILES string of the molecule is CC(O)(c1cnc(OC/C(=C/Nc2ccc(F)c(C(F)(F)F)c2)N=N)nc1)C(F)(F)F. The van der Waals surface area contributed by atoms with Gasteiger partial charge in [0.1, 0.15) is 18.1 Å². The van der Waals surface area contributed by atoms with Crippen LogP contribution in [0.3, 0.4) is 0 Å². The first-order valence-electron chi connectivity index (χ1n) is 8.20. The van der Waals surface area contributed by atoms with Crippen LogP contribution in [0.25, 0.3) is 0 Å². The summed E-state index contributed by atoms with van der Waals surface area (Å²) < 4.78 is 94.9. The van der Waals surface area contributed by atoms with Crippen LogP contribution in [0.5, 0.6) is 6.01 Å². The zero-order chi connectivity index (χ0) is 23.4. The van der Waals surface area contributed by atoms with Crippen LogP contribution in [-0.2, 0) is 11.8 Å². The molecule has 0 fully saturated rings. The minimum absolute atomic E-state index is 0.148. The van der Waals surface area contributed by atoms with Crippen molar-refractivity contribution in [3.05, 3.63) is 59.4 Å². The average Bonchev–Trinajstić information content (AvgIpc) is 2.67. The highest BCUT2D eigenvalue weighted by Gasteiger charge is 2.51. The number of nitrogens with zero attached hydrogens (tertiary/aromatic N) is 3. The summed E-state index contributed by atoms with van der Waals surface area (Å²) in [5.41, 5.74) is 1.44. The molecule has 0 saturated carbocycles. The van der Waals surface area contributed by atoms with Crippen molar-refractivity contribution >= 4 is 5.69 Å². The lowest BCUT2D eigenvalue weighted by Crippen LogP contribution is -2.39. The molecule has 0 amide bonds. The fourth-order valence-electron chi connectivity index (χ4n) is 2.05. The normalized spacial score (nSPS) is 14.7. The molecule has 7 nitrogen and oxygen atoms in total. The summed E-state index contributed by atoms with van der Waals surface area (Å²) in [6.07, 6.45) is -7.46. The van der Waals surface area contributed by atoms with Crippen molar-refractivity contribution in [1.29, 1.82) is 5.53 Å². The Morgan fingerprint density at radius 3 is 2.32 bits per heavy atom. The summed E-state index contributed by atoms with van der Waals surface area (Å²) in [5.74, 6) is -1.46. The number of nitrogens with one attached hydrogen (secondary N) is 2. The number of ether oxygens (including phenoxy) is 1. The van der Waals surface area contributed by atoms with Crippen LogP contribution in [0, 0.1) is 11.3 Å². The van der Waals surface area contributed by atoms with Crippen LogP contribution in [0.15, 0.2) is 47.6 Å². The van der Waals surface area contributed by atoms with E-state index in [-0.39, 0.29) is 11.4 Å². The standard InChI is InChI=1S/C17H14F7N5O2/c1-15(30,17(22,23)24)9-5-27-14(28-6-9)31-8-11(29-25)7-26-10-2-3-13(18)12(4-10)16(19,20)21/h2-7,25-26,30H,8H2,1H3/b11-7-,29-25?. The van der Waals surface area contributed by atoms with Gasteiger partial charge in [0.2, 0.25) is 0 Å². The van der Waals surface area contributed by atoms with Gasteiger partial charge in [-0.15, -0.1) is 0 Å². The molecule has 1 atom stereocenters. The summed E-state index contributed by atoms with van der Waals surface area (Å²) in [4.78, 5) is 7.04. The van der Waals surface area contributed by atoms with Crippen LogP contribution in [0.4, 0.5) is 36.4 Å². The highest BCUT2D eigenvalue weighted by molar-refractivity contribution is 5.49. The molecule has 14 heteroatoms. The molecule has 0 aliphatic rings. The molecule has 0 saturated heterocycles. The Bertz CT molecular complexity index is 957. The third-order valence-electron chi connectivity index (χ3n) is 3.91. The zero-order valence-electron chi connectivity index (χ0n) is 15.5. The highest BCUT2D eigenvalue weighted by Crippen LogP contribution is 2.38. The van der Waals surface area contributed by atoms with Gasteiger partial charge in [-0.1, -0.05) is 0 Å². The first-order chi connectivity index (χ1) is 14.3. The van der Waals surface area contributed by atoms with Crippen molar-refractivity contribution in [3.63, 3.8) is 0 Å². The van der Waals surface area contributed by atoms with E-state index in [1.807, 2.05) is 0 Å². The van der Waals surface area contributed by atoms with Crippen molar-refractivity contribution in [3.8, 4) is 6.01 Å². The monoisotopic (exact) mass is 453 g/mol. The predicted molar refractivity (Wildman–Crippen MR) is 91.4 cm³/mol. The number of hydrogen-bond donors (Lipinski definition) is 3. The molecule has 2 aromatic rings. The summed E-state index contributed by atoms with van der Waals surface area (Å²) in [7, 11) is 0. The summed E-state index contributed by atoms with van der Waals surface area (Å²) in [6, 6.07) is 1.75. The lowest BCUT2D eigenvalue weighted by atomic mass is 9.99. The first kappa shape index (κ1) is 24.0. The molecule has 1 heterocycles. The smallest absolute Gasteiger partial charge is 0.421 e. The van der Waals surface area contributed by atoms with Gasteiger partial charge in [0, 0.05) is 29.8 Å². The van der Waals surface area contributed by atoms with Gasteiger partial charge in [-0.05, 0) is 25.1 Å². The molecule has 1 unspecified atom stereocenters. The molecule has 31 heavy (non-hydrogen) atoms. The largest absolute Gasteiger partial charge is 0.457 e. The van der Waals surface area contributed by atoms with Gasteiger partial charge < -0.3 is 15.2 Å². The Morgan fingerprint density at radius 1 is 1.19 bits per heavy atom. The Morgan fingerprint density at radius 2 is 1.81 bits per heavy atom. The molecular formula is C17H14F7N5O2. The number of benzene rings is 1. The quantitative estimate of drug-likeness (QED) is 0.414. The minimum Gasteiger partial charge on any atom is -0.457 e. The highest BCUT2D eigenvalue weighted by atomic mass is 19.4. The number of hydrogen-bond acceptors (Lipinski definition) is 7. The first-order valence-corrected chi connectivity index (χ1v) is 8.20. The predicted octanol–water partition coefficient (Wildman–Crippen LogP) is 4.77. The van der Waals surface area contributed by atoms with E-state index in [4.69, 9.17) is 10.3 Å². The molecule has 1 aromatic heterocycles. The third-order valence-corrected chi connectivity index (χ3v) is 3.91. The van der Waals surface area contributed by atoms with E-state index in [2.05, 4.69) is 20.4 Å². The van der Waals surface area contributed by atoms with Crippen LogP contribution in [0.1, 0.15) is 18.1 Å².